The second-order valence-electron chi connectivity index (χ2n) is 14.3. The van der Waals surface area contributed by atoms with Crippen molar-refractivity contribution in [3.63, 3.8) is 0 Å². The Kier molecular flexibility index (Phi) is 24.5. The number of fused-ring (bicyclic) bond motifs is 1. The number of hydrogen-bond donors (Lipinski definition) is 0. The van der Waals surface area contributed by atoms with E-state index in [-0.39, 0.29) is 22.1 Å². The maximum Gasteiger partial charge on any atom is 0.256 e. The monoisotopic (exact) mass is 732 g/mol. The molecule has 0 aliphatic rings. The van der Waals surface area contributed by atoms with Crippen molar-refractivity contribution in [3.8, 4) is 0 Å². The molecule has 1 heterocycles. The van der Waals surface area contributed by atoms with Crippen molar-refractivity contribution in [2.75, 3.05) is 26.2 Å². The lowest BCUT2D eigenvalue weighted by molar-refractivity contribution is 0.0739. The van der Waals surface area contributed by atoms with Crippen LogP contribution in [0.4, 0.5) is 0 Å². The Bertz CT molecular complexity index is 1100. The molecule has 0 unspecified atom stereocenters. The zero-order valence-corrected chi connectivity index (χ0v) is 33.8. The summed E-state index contributed by atoms with van der Waals surface area (Å²) in [5, 5.41) is 0.0967. The number of benzene rings is 1. The second-order valence-corrected chi connectivity index (χ2v) is 15.0. The first kappa shape index (κ1) is 44.2. The van der Waals surface area contributed by atoms with E-state index in [4.69, 9.17) is 23.2 Å². The maximum absolute atomic E-state index is 14.3. The van der Waals surface area contributed by atoms with Gasteiger partial charge in [0.05, 0.1) is 11.1 Å². The van der Waals surface area contributed by atoms with Crippen LogP contribution in [0.3, 0.4) is 0 Å². The van der Waals surface area contributed by atoms with Gasteiger partial charge in [0.1, 0.15) is 11.0 Å². The average Bonchev–Trinajstić information content (AvgIpc) is 3.11. The molecular formula is C42H70Cl2N4O2. The Labute approximate surface area is 315 Å². The number of amides is 2. The highest BCUT2D eigenvalue weighted by molar-refractivity contribution is 6.41. The van der Waals surface area contributed by atoms with E-state index in [1.54, 1.807) is 12.1 Å². The normalized spacial score (nSPS) is 11.4. The Hall–Kier alpha value is -1.92. The first-order chi connectivity index (χ1) is 24.4. The number of unbranched alkanes of at least 4 members (excludes halogenated alkanes) is 20. The van der Waals surface area contributed by atoms with Crippen LogP contribution in [0.2, 0.25) is 10.3 Å². The van der Waals surface area contributed by atoms with Crippen LogP contribution in [0.25, 0.3) is 11.0 Å². The van der Waals surface area contributed by atoms with Crippen LogP contribution in [0, 0.1) is 0 Å². The van der Waals surface area contributed by atoms with E-state index in [9.17, 15) is 9.59 Å². The minimum absolute atomic E-state index is 0.0484. The lowest BCUT2D eigenvalue weighted by atomic mass is 10.0. The molecule has 0 saturated carbocycles. The first-order valence-electron chi connectivity index (χ1n) is 20.6. The van der Waals surface area contributed by atoms with Crippen molar-refractivity contribution in [1.82, 2.24) is 19.8 Å². The summed E-state index contributed by atoms with van der Waals surface area (Å²) < 4.78 is 0. The minimum atomic E-state index is -0.0696. The molecule has 0 radical (unpaired) electrons. The van der Waals surface area contributed by atoms with E-state index in [0.717, 1.165) is 51.4 Å². The van der Waals surface area contributed by atoms with Gasteiger partial charge in [-0.25, -0.2) is 9.97 Å². The SMILES string of the molecule is CCCCCCCCN(CCCCCCCC)C(=O)c1ccc(C(=O)N(CCCCCCCC)CCCCCCCC)c2nc(Cl)c(Cl)nc12. The predicted octanol–water partition coefficient (Wildman–Crippen LogP) is 13.3. The fourth-order valence-electron chi connectivity index (χ4n) is 6.74. The fourth-order valence-corrected chi connectivity index (χ4v) is 7.00. The molecule has 8 heteroatoms. The number of carbonyl (C=O) groups is 2. The van der Waals surface area contributed by atoms with Gasteiger partial charge in [-0.2, -0.15) is 0 Å². The van der Waals surface area contributed by atoms with Gasteiger partial charge in [-0.15, -0.1) is 0 Å². The van der Waals surface area contributed by atoms with Crippen molar-refractivity contribution >= 4 is 46.0 Å². The zero-order valence-electron chi connectivity index (χ0n) is 32.3. The van der Waals surface area contributed by atoms with Gasteiger partial charge in [0.2, 0.25) is 0 Å². The van der Waals surface area contributed by atoms with Gasteiger partial charge in [0, 0.05) is 26.2 Å². The van der Waals surface area contributed by atoms with E-state index in [1.807, 2.05) is 9.80 Å². The molecule has 0 saturated heterocycles. The first-order valence-corrected chi connectivity index (χ1v) is 21.4. The smallest absolute Gasteiger partial charge is 0.256 e. The molecule has 2 aromatic rings. The van der Waals surface area contributed by atoms with Gasteiger partial charge in [-0.1, -0.05) is 179 Å². The summed E-state index contributed by atoms with van der Waals surface area (Å²) in [4.78, 5) is 41.8. The van der Waals surface area contributed by atoms with E-state index >= 15 is 0 Å². The van der Waals surface area contributed by atoms with Crippen molar-refractivity contribution < 1.29 is 9.59 Å². The molecule has 0 bridgehead atoms. The molecule has 284 valence electrons. The molecule has 1 aromatic heterocycles. The summed E-state index contributed by atoms with van der Waals surface area (Å²) >= 11 is 12.9. The fraction of sp³-hybridized carbons (Fsp3) is 0.762. The topological polar surface area (TPSA) is 66.4 Å². The lowest BCUT2D eigenvalue weighted by Crippen LogP contribution is -2.34. The summed E-state index contributed by atoms with van der Waals surface area (Å²) in [6.07, 6.45) is 28.0. The van der Waals surface area contributed by atoms with Crippen molar-refractivity contribution in [3.05, 3.63) is 33.6 Å². The summed E-state index contributed by atoms with van der Waals surface area (Å²) in [5.41, 5.74) is 1.62. The minimum Gasteiger partial charge on any atom is -0.339 e. The molecule has 0 aliphatic carbocycles. The average molecular weight is 734 g/mol. The summed E-state index contributed by atoms with van der Waals surface area (Å²) in [5.74, 6) is -0.139. The molecule has 50 heavy (non-hydrogen) atoms. The largest absolute Gasteiger partial charge is 0.339 e. The Morgan fingerprint density at radius 2 is 0.680 bits per heavy atom. The van der Waals surface area contributed by atoms with Crippen molar-refractivity contribution in [2.45, 2.75) is 182 Å². The van der Waals surface area contributed by atoms with Crippen LogP contribution >= 0.6 is 23.2 Å². The quantitative estimate of drug-likeness (QED) is 0.0750. The predicted molar refractivity (Wildman–Crippen MR) is 215 cm³/mol. The van der Waals surface area contributed by atoms with Crippen LogP contribution in [0.5, 0.6) is 0 Å². The molecule has 0 fully saturated rings. The highest BCUT2D eigenvalue weighted by atomic mass is 35.5. The molecule has 0 N–H and O–H groups in total. The Balaban J connectivity index is 2.34. The third-order valence-electron chi connectivity index (χ3n) is 9.90. The molecule has 0 atom stereocenters. The molecule has 6 nitrogen and oxygen atoms in total. The summed E-state index contributed by atoms with van der Waals surface area (Å²) in [7, 11) is 0. The summed E-state index contributed by atoms with van der Waals surface area (Å²) in [6, 6.07) is 3.56. The van der Waals surface area contributed by atoms with Crippen molar-refractivity contribution in [2.24, 2.45) is 0 Å². The van der Waals surface area contributed by atoms with Crippen molar-refractivity contribution in [1.29, 1.82) is 0 Å². The maximum atomic E-state index is 14.3. The van der Waals surface area contributed by atoms with Crippen LogP contribution in [-0.2, 0) is 0 Å². The summed E-state index contributed by atoms with van der Waals surface area (Å²) in [6.45, 7) is 11.8. The van der Waals surface area contributed by atoms with Gasteiger partial charge in [0.15, 0.2) is 10.3 Å². The standard InChI is InChI=1S/C42H70Cl2N4O2/c1-5-9-13-17-21-25-31-47(32-26-22-18-14-10-6-2)41(49)35-29-30-36(38-37(35)45-39(43)40(44)46-38)42(50)48(33-27-23-19-15-11-7-3)34-28-24-20-16-12-8-4/h29-30H,5-28,31-34H2,1-4H3. The molecular weight excluding hydrogens is 663 g/mol. The zero-order chi connectivity index (χ0) is 36.4. The Morgan fingerprint density at radius 3 is 0.940 bits per heavy atom. The van der Waals surface area contributed by atoms with Gasteiger partial charge in [0.25, 0.3) is 11.8 Å². The second kappa shape index (κ2) is 27.7. The van der Waals surface area contributed by atoms with E-state index in [0.29, 0.717) is 48.3 Å². The third kappa shape index (κ3) is 16.6. The highest BCUT2D eigenvalue weighted by Crippen LogP contribution is 2.28. The van der Waals surface area contributed by atoms with Crippen LogP contribution in [0.15, 0.2) is 12.1 Å². The number of carbonyl (C=O) groups excluding carboxylic acids is 2. The van der Waals surface area contributed by atoms with Gasteiger partial charge >= 0.3 is 0 Å². The number of nitrogens with zero attached hydrogens (tertiary/aromatic N) is 4. The molecule has 0 aliphatic heterocycles. The van der Waals surface area contributed by atoms with Gasteiger partial charge in [-0.05, 0) is 37.8 Å². The molecule has 2 rings (SSSR count). The lowest BCUT2D eigenvalue weighted by Gasteiger charge is -2.25. The van der Waals surface area contributed by atoms with E-state index in [2.05, 4.69) is 37.7 Å². The highest BCUT2D eigenvalue weighted by Gasteiger charge is 2.26. The van der Waals surface area contributed by atoms with Gasteiger partial charge < -0.3 is 9.80 Å². The van der Waals surface area contributed by atoms with E-state index < -0.39 is 0 Å². The van der Waals surface area contributed by atoms with Crippen LogP contribution in [-0.4, -0.2) is 57.8 Å². The molecule has 2 amide bonds. The molecule has 0 spiro atoms. The van der Waals surface area contributed by atoms with Gasteiger partial charge in [-0.3, -0.25) is 9.59 Å². The van der Waals surface area contributed by atoms with Crippen LogP contribution in [0.1, 0.15) is 203 Å². The number of rotatable bonds is 30. The molecule has 1 aromatic carbocycles. The van der Waals surface area contributed by atoms with E-state index in [1.165, 1.54) is 103 Å². The number of halogens is 2. The third-order valence-corrected chi connectivity index (χ3v) is 10.5. The van der Waals surface area contributed by atoms with Crippen LogP contribution < -0.4 is 0 Å². The number of aromatic nitrogens is 2. The Morgan fingerprint density at radius 1 is 0.440 bits per heavy atom. The number of hydrogen-bond acceptors (Lipinski definition) is 4.